The predicted molar refractivity (Wildman–Crippen MR) is 101 cm³/mol. The second-order valence-corrected chi connectivity index (χ2v) is 7.22. The number of carbonyl (C=O) groups excluding carboxylic acids is 1. The van der Waals surface area contributed by atoms with Crippen molar-refractivity contribution >= 4 is 21.6 Å². The Hall–Kier alpha value is -2.58. The molecule has 2 aromatic carbocycles. The van der Waals surface area contributed by atoms with E-state index in [1.807, 2.05) is 19.1 Å². The van der Waals surface area contributed by atoms with Gasteiger partial charge in [-0.15, -0.1) is 0 Å². The lowest BCUT2D eigenvalue weighted by Gasteiger charge is -2.13. The van der Waals surface area contributed by atoms with Crippen molar-refractivity contribution in [1.29, 1.82) is 0 Å². The van der Waals surface area contributed by atoms with E-state index in [-0.39, 0.29) is 16.2 Å². The SMILES string of the molecule is CCc1ccc(NS(=O)(=O)c2cc(C(=O)NCCN)ccc2OC)cc1. The highest BCUT2D eigenvalue weighted by Gasteiger charge is 2.22. The molecule has 4 N–H and O–H groups in total. The molecule has 1 amide bonds. The highest BCUT2D eigenvalue weighted by Crippen LogP contribution is 2.27. The summed E-state index contributed by atoms with van der Waals surface area (Å²) in [4.78, 5) is 12.0. The van der Waals surface area contributed by atoms with Gasteiger partial charge in [0.1, 0.15) is 10.6 Å². The van der Waals surface area contributed by atoms with E-state index < -0.39 is 15.9 Å². The summed E-state index contributed by atoms with van der Waals surface area (Å²) in [5.41, 5.74) is 7.11. The molecular weight excluding hydrogens is 354 g/mol. The molecule has 2 rings (SSSR count). The Morgan fingerprint density at radius 2 is 1.85 bits per heavy atom. The number of carbonyl (C=O) groups is 1. The quantitative estimate of drug-likeness (QED) is 0.649. The molecule has 0 spiro atoms. The van der Waals surface area contributed by atoms with E-state index in [2.05, 4.69) is 10.0 Å². The minimum absolute atomic E-state index is 0.111. The zero-order valence-electron chi connectivity index (χ0n) is 14.8. The van der Waals surface area contributed by atoms with Crippen molar-refractivity contribution in [3.63, 3.8) is 0 Å². The fraction of sp³-hybridized carbons (Fsp3) is 0.278. The molecule has 0 heterocycles. The lowest BCUT2D eigenvalue weighted by Crippen LogP contribution is -2.29. The first-order valence-corrected chi connectivity index (χ1v) is 9.67. The maximum atomic E-state index is 12.8. The van der Waals surface area contributed by atoms with E-state index in [4.69, 9.17) is 10.5 Å². The molecular formula is C18H23N3O4S. The van der Waals surface area contributed by atoms with Crippen LogP contribution in [0.15, 0.2) is 47.4 Å². The highest BCUT2D eigenvalue weighted by atomic mass is 32.2. The summed E-state index contributed by atoms with van der Waals surface area (Å²) < 4.78 is 33.2. The molecule has 0 unspecified atom stereocenters. The normalized spacial score (nSPS) is 11.0. The molecule has 0 aliphatic rings. The van der Waals surface area contributed by atoms with Gasteiger partial charge in [-0.2, -0.15) is 0 Å². The summed E-state index contributed by atoms with van der Waals surface area (Å²) in [5, 5.41) is 2.61. The maximum Gasteiger partial charge on any atom is 0.265 e. The Balaban J connectivity index is 2.34. The van der Waals surface area contributed by atoms with Gasteiger partial charge in [-0.3, -0.25) is 9.52 Å². The number of hydrogen-bond acceptors (Lipinski definition) is 5. The Kier molecular flexibility index (Phi) is 6.59. The average molecular weight is 377 g/mol. The lowest BCUT2D eigenvalue weighted by atomic mass is 10.2. The number of sulfonamides is 1. The monoisotopic (exact) mass is 377 g/mol. The molecule has 7 nitrogen and oxygen atoms in total. The molecule has 0 aliphatic heterocycles. The maximum absolute atomic E-state index is 12.8. The Bertz CT molecular complexity index is 865. The smallest absolute Gasteiger partial charge is 0.265 e. The van der Waals surface area contributed by atoms with Crippen molar-refractivity contribution in [3.05, 3.63) is 53.6 Å². The fourth-order valence-electron chi connectivity index (χ4n) is 2.33. The van der Waals surface area contributed by atoms with E-state index in [1.165, 1.54) is 25.3 Å². The summed E-state index contributed by atoms with van der Waals surface area (Å²) in [7, 11) is -2.56. The lowest BCUT2D eigenvalue weighted by molar-refractivity contribution is 0.0954. The van der Waals surface area contributed by atoms with Crippen molar-refractivity contribution < 1.29 is 17.9 Å². The summed E-state index contributed by atoms with van der Waals surface area (Å²) in [6, 6.07) is 11.3. The topological polar surface area (TPSA) is 111 Å². The third-order valence-electron chi connectivity index (χ3n) is 3.76. The third-order valence-corrected chi connectivity index (χ3v) is 5.16. The molecule has 0 saturated heterocycles. The van der Waals surface area contributed by atoms with E-state index >= 15 is 0 Å². The van der Waals surface area contributed by atoms with Gasteiger partial charge in [-0.25, -0.2) is 8.42 Å². The largest absolute Gasteiger partial charge is 0.495 e. The van der Waals surface area contributed by atoms with Gasteiger partial charge in [0.25, 0.3) is 15.9 Å². The Labute approximate surface area is 153 Å². The first kappa shape index (κ1) is 19.7. The molecule has 140 valence electrons. The van der Waals surface area contributed by atoms with Crippen LogP contribution in [0.5, 0.6) is 5.75 Å². The highest BCUT2D eigenvalue weighted by molar-refractivity contribution is 7.92. The third kappa shape index (κ3) is 4.74. The van der Waals surface area contributed by atoms with Crippen LogP contribution in [-0.4, -0.2) is 34.5 Å². The van der Waals surface area contributed by atoms with Crippen molar-refractivity contribution in [3.8, 4) is 5.75 Å². The molecule has 0 radical (unpaired) electrons. The van der Waals surface area contributed by atoms with Crippen LogP contribution in [-0.2, 0) is 16.4 Å². The number of amides is 1. The Morgan fingerprint density at radius 1 is 1.15 bits per heavy atom. The minimum Gasteiger partial charge on any atom is -0.495 e. The molecule has 8 heteroatoms. The second-order valence-electron chi connectivity index (χ2n) is 5.57. The molecule has 0 atom stereocenters. The summed E-state index contributed by atoms with van der Waals surface area (Å²) >= 11 is 0. The minimum atomic E-state index is -3.93. The average Bonchev–Trinajstić information content (AvgIpc) is 2.65. The van der Waals surface area contributed by atoms with Gasteiger partial charge in [0.15, 0.2) is 0 Å². The van der Waals surface area contributed by atoms with Gasteiger partial charge < -0.3 is 15.8 Å². The molecule has 2 aromatic rings. The van der Waals surface area contributed by atoms with Crippen molar-refractivity contribution in [2.75, 3.05) is 24.9 Å². The fourth-order valence-corrected chi connectivity index (χ4v) is 3.59. The van der Waals surface area contributed by atoms with Crippen LogP contribution in [0, 0.1) is 0 Å². The molecule has 0 aliphatic carbocycles. The van der Waals surface area contributed by atoms with Crippen LogP contribution in [0.2, 0.25) is 0 Å². The van der Waals surface area contributed by atoms with Crippen LogP contribution in [0.4, 0.5) is 5.69 Å². The van der Waals surface area contributed by atoms with Gasteiger partial charge in [-0.1, -0.05) is 19.1 Å². The second kappa shape index (κ2) is 8.68. The standard InChI is InChI=1S/C18H23N3O4S/c1-3-13-4-7-15(8-5-13)21-26(23,24)17-12-14(6-9-16(17)25-2)18(22)20-11-10-19/h4-9,12,21H,3,10-11,19H2,1-2H3,(H,20,22). The van der Waals surface area contributed by atoms with Gasteiger partial charge >= 0.3 is 0 Å². The zero-order chi connectivity index (χ0) is 19.2. The number of methoxy groups -OCH3 is 1. The van der Waals surface area contributed by atoms with Crippen LogP contribution in [0.3, 0.4) is 0 Å². The number of rotatable bonds is 8. The van der Waals surface area contributed by atoms with Gasteiger partial charge in [0, 0.05) is 24.3 Å². The van der Waals surface area contributed by atoms with Gasteiger partial charge in [-0.05, 0) is 42.3 Å². The number of anilines is 1. The van der Waals surface area contributed by atoms with Crippen molar-refractivity contribution in [1.82, 2.24) is 5.32 Å². The molecule has 0 aromatic heterocycles. The van der Waals surface area contributed by atoms with Gasteiger partial charge in [0.2, 0.25) is 0 Å². The number of nitrogens with two attached hydrogens (primary N) is 1. The number of ether oxygens (including phenoxy) is 1. The van der Waals surface area contributed by atoms with Crippen LogP contribution in [0.1, 0.15) is 22.8 Å². The first-order chi connectivity index (χ1) is 12.4. The zero-order valence-corrected chi connectivity index (χ0v) is 15.6. The van der Waals surface area contributed by atoms with Crippen LogP contribution < -0.4 is 20.5 Å². The number of hydrogen-bond donors (Lipinski definition) is 3. The summed E-state index contributed by atoms with van der Waals surface area (Å²) in [5.74, 6) is -0.250. The van der Waals surface area contributed by atoms with E-state index in [1.54, 1.807) is 12.1 Å². The van der Waals surface area contributed by atoms with E-state index in [0.717, 1.165) is 12.0 Å². The molecule has 0 bridgehead atoms. The first-order valence-electron chi connectivity index (χ1n) is 8.19. The van der Waals surface area contributed by atoms with E-state index in [9.17, 15) is 13.2 Å². The van der Waals surface area contributed by atoms with E-state index in [0.29, 0.717) is 18.8 Å². The van der Waals surface area contributed by atoms with Crippen molar-refractivity contribution in [2.45, 2.75) is 18.2 Å². The predicted octanol–water partition coefficient (Wildman–Crippen LogP) is 1.75. The molecule has 0 saturated carbocycles. The number of nitrogens with one attached hydrogen (secondary N) is 2. The Morgan fingerprint density at radius 3 is 2.42 bits per heavy atom. The summed E-state index contributed by atoms with van der Waals surface area (Å²) in [6.45, 7) is 2.61. The molecule has 26 heavy (non-hydrogen) atoms. The van der Waals surface area contributed by atoms with Crippen LogP contribution >= 0.6 is 0 Å². The van der Waals surface area contributed by atoms with Gasteiger partial charge in [0.05, 0.1) is 7.11 Å². The van der Waals surface area contributed by atoms with Crippen LogP contribution in [0.25, 0.3) is 0 Å². The van der Waals surface area contributed by atoms with Crippen molar-refractivity contribution in [2.24, 2.45) is 5.73 Å². The number of benzene rings is 2. The summed E-state index contributed by atoms with van der Waals surface area (Å²) in [6.07, 6.45) is 0.862. The molecule has 0 fully saturated rings. The number of aryl methyl sites for hydroxylation is 1.